The SMILES string of the molecule is CCOc1ccc(C(C)NC(=O)c2cn(CC(OCC)OCC)nn2)cc1OCC. The van der Waals surface area contributed by atoms with Crippen LogP contribution in [0.1, 0.15) is 56.7 Å². The quantitative estimate of drug-likeness (QED) is 0.498. The van der Waals surface area contributed by atoms with Crippen LogP contribution in [0, 0.1) is 0 Å². The van der Waals surface area contributed by atoms with Crippen LogP contribution in [0.15, 0.2) is 24.4 Å². The van der Waals surface area contributed by atoms with Gasteiger partial charge in [0.2, 0.25) is 0 Å². The second kappa shape index (κ2) is 12.1. The number of ether oxygens (including phenoxy) is 4. The Kier molecular flexibility index (Phi) is 9.56. The standard InChI is InChI=1S/C21H32N4O5/c1-6-27-18-11-10-16(12-19(18)28-7-2)15(5)22-21(26)17-13-25(24-23-17)14-20(29-8-3)30-9-4/h10-13,15,20H,6-9,14H2,1-5H3,(H,22,26). The maximum absolute atomic E-state index is 12.6. The molecule has 0 bridgehead atoms. The van der Waals surface area contributed by atoms with Crippen LogP contribution in [0.25, 0.3) is 0 Å². The van der Waals surface area contributed by atoms with E-state index >= 15 is 0 Å². The van der Waals surface area contributed by atoms with Crippen molar-refractivity contribution >= 4 is 5.91 Å². The Bertz CT molecular complexity index is 789. The van der Waals surface area contributed by atoms with E-state index in [9.17, 15) is 4.79 Å². The van der Waals surface area contributed by atoms with Crippen molar-refractivity contribution in [2.45, 2.75) is 53.5 Å². The largest absolute Gasteiger partial charge is 0.490 e. The van der Waals surface area contributed by atoms with E-state index in [4.69, 9.17) is 18.9 Å². The fraction of sp³-hybridized carbons (Fsp3) is 0.571. The highest BCUT2D eigenvalue weighted by molar-refractivity contribution is 5.92. The first-order valence-electron chi connectivity index (χ1n) is 10.4. The molecule has 1 aromatic heterocycles. The van der Waals surface area contributed by atoms with Crippen LogP contribution >= 0.6 is 0 Å². The molecule has 0 saturated carbocycles. The Balaban J connectivity index is 2.03. The molecule has 0 aliphatic rings. The number of aromatic nitrogens is 3. The summed E-state index contributed by atoms with van der Waals surface area (Å²) in [7, 11) is 0. The zero-order valence-corrected chi connectivity index (χ0v) is 18.4. The van der Waals surface area contributed by atoms with E-state index in [1.807, 2.05) is 52.8 Å². The second-order valence-corrected chi connectivity index (χ2v) is 6.43. The van der Waals surface area contributed by atoms with Gasteiger partial charge in [0.15, 0.2) is 23.5 Å². The molecule has 30 heavy (non-hydrogen) atoms. The molecule has 2 rings (SSSR count). The van der Waals surface area contributed by atoms with Crippen molar-refractivity contribution in [2.75, 3.05) is 26.4 Å². The van der Waals surface area contributed by atoms with E-state index in [-0.39, 0.29) is 17.6 Å². The van der Waals surface area contributed by atoms with Gasteiger partial charge in [-0.3, -0.25) is 4.79 Å². The molecule has 0 radical (unpaired) electrons. The molecule has 0 fully saturated rings. The lowest BCUT2D eigenvalue weighted by Crippen LogP contribution is -2.27. The third-order valence-corrected chi connectivity index (χ3v) is 4.23. The zero-order chi connectivity index (χ0) is 21.9. The van der Waals surface area contributed by atoms with Gasteiger partial charge in [0.1, 0.15) is 0 Å². The summed E-state index contributed by atoms with van der Waals surface area (Å²) in [6.45, 7) is 12.0. The highest BCUT2D eigenvalue weighted by Gasteiger charge is 2.18. The van der Waals surface area contributed by atoms with Gasteiger partial charge in [0.05, 0.1) is 32.0 Å². The van der Waals surface area contributed by atoms with Gasteiger partial charge in [-0.1, -0.05) is 11.3 Å². The molecule has 1 heterocycles. The van der Waals surface area contributed by atoms with Gasteiger partial charge in [0.25, 0.3) is 5.91 Å². The average molecular weight is 421 g/mol. The molecule has 1 aromatic carbocycles. The number of hydrogen-bond donors (Lipinski definition) is 1. The van der Waals surface area contributed by atoms with Crippen LogP contribution in [-0.4, -0.2) is 53.6 Å². The van der Waals surface area contributed by atoms with Gasteiger partial charge in [-0.25, -0.2) is 4.68 Å². The van der Waals surface area contributed by atoms with Crippen molar-refractivity contribution < 1.29 is 23.7 Å². The maximum atomic E-state index is 12.6. The van der Waals surface area contributed by atoms with Crippen molar-refractivity contribution in [2.24, 2.45) is 0 Å². The van der Waals surface area contributed by atoms with Gasteiger partial charge in [0, 0.05) is 13.2 Å². The van der Waals surface area contributed by atoms with Crippen LogP contribution in [-0.2, 0) is 16.0 Å². The van der Waals surface area contributed by atoms with Gasteiger partial charge in [-0.05, 0) is 52.3 Å². The predicted octanol–water partition coefficient (Wildman–Crippen LogP) is 2.97. The number of rotatable bonds is 13. The van der Waals surface area contributed by atoms with Crippen LogP contribution in [0.5, 0.6) is 11.5 Å². The number of nitrogens with one attached hydrogen (secondary N) is 1. The van der Waals surface area contributed by atoms with Crippen molar-refractivity contribution in [1.82, 2.24) is 20.3 Å². The third-order valence-electron chi connectivity index (χ3n) is 4.23. The lowest BCUT2D eigenvalue weighted by Gasteiger charge is -2.17. The molecule has 0 aliphatic heterocycles. The summed E-state index contributed by atoms with van der Waals surface area (Å²) in [5.41, 5.74) is 1.12. The van der Waals surface area contributed by atoms with Crippen molar-refractivity contribution in [3.63, 3.8) is 0 Å². The van der Waals surface area contributed by atoms with E-state index < -0.39 is 6.29 Å². The summed E-state index contributed by atoms with van der Waals surface area (Å²) >= 11 is 0. The minimum absolute atomic E-state index is 0.226. The molecule has 2 aromatic rings. The third kappa shape index (κ3) is 6.70. The van der Waals surface area contributed by atoms with E-state index in [0.29, 0.717) is 44.5 Å². The smallest absolute Gasteiger partial charge is 0.273 e. The highest BCUT2D eigenvalue weighted by Crippen LogP contribution is 2.30. The lowest BCUT2D eigenvalue weighted by atomic mass is 10.1. The average Bonchev–Trinajstić information content (AvgIpc) is 3.18. The molecular formula is C21H32N4O5. The van der Waals surface area contributed by atoms with Crippen molar-refractivity contribution in [3.05, 3.63) is 35.7 Å². The van der Waals surface area contributed by atoms with Crippen LogP contribution in [0.2, 0.25) is 0 Å². The van der Waals surface area contributed by atoms with Gasteiger partial charge >= 0.3 is 0 Å². The Hall–Kier alpha value is -2.65. The van der Waals surface area contributed by atoms with E-state index in [1.165, 1.54) is 0 Å². The molecule has 166 valence electrons. The first kappa shape index (κ1) is 23.6. The molecule has 9 heteroatoms. The number of amides is 1. The normalized spacial score (nSPS) is 12.1. The molecular weight excluding hydrogens is 388 g/mol. The fourth-order valence-electron chi connectivity index (χ4n) is 2.86. The monoisotopic (exact) mass is 420 g/mol. The highest BCUT2D eigenvalue weighted by atomic mass is 16.7. The number of hydrogen-bond acceptors (Lipinski definition) is 7. The van der Waals surface area contributed by atoms with Crippen LogP contribution in [0.3, 0.4) is 0 Å². The Morgan fingerprint density at radius 1 is 1.03 bits per heavy atom. The molecule has 1 atom stereocenters. The van der Waals surface area contributed by atoms with Crippen LogP contribution < -0.4 is 14.8 Å². The summed E-state index contributed by atoms with van der Waals surface area (Å²) < 4.78 is 23.8. The second-order valence-electron chi connectivity index (χ2n) is 6.43. The van der Waals surface area contributed by atoms with Crippen LogP contribution in [0.4, 0.5) is 0 Å². The molecule has 1 amide bonds. The van der Waals surface area contributed by atoms with E-state index in [1.54, 1.807) is 10.9 Å². The number of nitrogens with zero attached hydrogens (tertiary/aromatic N) is 3. The molecule has 9 nitrogen and oxygen atoms in total. The molecule has 1 N–H and O–H groups in total. The molecule has 1 unspecified atom stereocenters. The summed E-state index contributed by atoms with van der Waals surface area (Å²) in [4.78, 5) is 12.6. The summed E-state index contributed by atoms with van der Waals surface area (Å²) in [6.07, 6.45) is 1.15. The fourth-order valence-corrected chi connectivity index (χ4v) is 2.86. The minimum atomic E-state index is -0.433. The summed E-state index contributed by atoms with van der Waals surface area (Å²) in [5.74, 6) is 1.02. The lowest BCUT2D eigenvalue weighted by molar-refractivity contribution is -0.145. The van der Waals surface area contributed by atoms with E-state index in [2.05, 4.69) is 15.6 Å². The summed E-state index contributed by atoms with van der Waals surface area (Å²) in [5, 5.41) is 10.9. The molecule has 0 saturated heterocycles. The van der Waals surface area contributed by atoms with Gasteiger partial charge in [-0.2, -0.15) is 0 Å². The maximum Gasteiger partial charge on any atom is 0.273 e. The predicted molar refractivity (Wildman–Crippen MR) is 112 cm³/mol. The van der Waals surface area contributed by atoms with Crippen molar-refractivity contribution in [3.8, 4) is 11.5 Å². The number of carbonyl (C=O) groups excluding carboxylic acids is 1. The molecule has 0 spiro atoms. The van der Waals surface area contributed by atoms with E-state index in [0.717, 1.165) is 5.56 Å². The number of carbonyl (C=O) groups is 1. The summed E-state index contributed by atoms with van der Waals surface area (Å²) in [6, 6.07) is 5.39. The zero-order valence-electron chi connectivity index (χ0n) is 18.4. The Morgan fingerprint density at radius 2 is 1.70 bits per heavy atom. The number of benzene rings is 1. The first-order chi connectivity index (χ1) is 14.5. The van der Waals surface area contributed by atoms with Gasteiger partial charge < -0.3 is 24.3 Å². The Labute approximate surface area is 177 Å². The van der Waals surface area contributed by atoms with Crippen molar-refractivity contribution in [1.29, 1.82) is 0 Å². The topological polar surface area (TPSA) is 96.7 Å². The first-order valence-corrected chi connectivity index (χ1v) is 10.4. The van der Waals surface area contributed by atoms with Gasteiger partial charge in [-0.15, -0.1) is 5.10 Å². The molecule has 0 aliphatic carbocycles. The Morgan fingerprint density at radius 3 is 2.33 bits per heavy atom. The minimum Gasteiger partial charge on any atom is -0.490 e.